The zero-order valence-corrected chi connectivity index (χ0v) is 14.2. The Balaban J connectivity index is 1.48. The predicted molar refractivity (Wildman–Crippen MR) is 99.4 cm³/mol. The van der Waals surface area contributed by atoms with Crippen LogP contribution in [0.2, 0.25) is 0 Å². The summed E-state index contributed by atoms with van der Waals surface area (Å²) in [6.45, 7) is 2.47. The molecule has 0 atom stereocenters. The van der Waals surface area contributed by atoms with Crippen molar-refractivity contribution < 1.29 is 9.18 Å². The number of amides is 1. The summed E-state index contributed by atoms with van der Waals surface area (Å²) < 4.78 is 15.7. The molecule has 1 N–H and O–H groups in total. The summed E-state index contributed by atoms with van der Waals surface area (Å²) in [5.74, 6) is 0.379. The maximum absolute atomic E-state index is 13.7. The van der Waals surface area contributed by atoms with Gasteiger partial charge in [0.05, 0.1) is 22.9 Å². The first kappa shape index (κ1) is 16.2. The van der Waals surface area contributed by atoms with Crippen LogP contribution in [-0.4, -0.2) is 20.4 Å². The van der Waals surface area contributed by atoms with E-state index in [1.54, 1.807) is 18.2 Å². The van der Waals surface area contributed by atoms with E-state index < -0.39 is 0 Å². The number of rotatable bonds is 4. The van der Waals surface area contributed by atoms with Crippen LogP contribution in [0.3, 0.4) is 0 Å². The van der Waals surface area contributed by atoms with Gasteiger partial charge in [0.2, 0.25) is 5.91 Å². The highest BCUT2D eigenvalue weighted by Crippen LogP contribution is 2.20. The van der Waals surface area contributed by atoms with Crippen LogP contribution in [0.25, 0.3) is 21.9 Å². The fourth-order valence-corrected chi connectivity index (χ4v) is 3.11. The van der Waals surface area contributed by atoms with E-state index in [1.165, 1.54) is 12.3 Å². The third-order valence-electron chi connectivity index (χ3n) is 4.35. The van der Waals surface area contributed by atoms with Crippen molar-refractivity contribution in [3.05, 3.63) is 66.4 Å². The van der Waals surface area contributed by atoms with Gasteiger partial charge in [-0.3, -0.25) is 9.78 Å². The minimum absolute atomic E-state index is 0.125. The predicted octanol–water partition coefficient (Wildman–Crippen LogP) is 4.06. The average Bonchev–Trinajstić information content (AvgIpc) is 2.95. The molecule has 26 heavy (non-hydrogen) atoms. The van der Waals surface area contributed by atoms with Crippen LogP contribution in [0.1, 0.15) is 12.2 Å². The molecule has 4 aromatic rings. The zero-order chi connectivity index (χ0) is 18.1. The van der Waals surface area contributed by atoms with Crippen LogP contribution >= 0.6 is 0 Å². The number of carbonyl (C=O) groups excluding carboxylic acids is 1. The van der Waals surface area contributed by atoms with Crippen LogP contribution < -0.4 is 5.32 Å². The van der Waals surface area contributed by atoms with Crippen molar-refractivity contribution in [1.82, 2.24) is 14.5 Å². The summed E-state index contributed by atoms with van der Waals surface area (Å²) in [6, 6.07) is 14.3. The molecule has 0 aliphatic rings. The first-order valence-electron chi connectivity index (χ1n) is 8.38. The molecule has 0 fully saturated rings. The van der Waals surface area contributed by atoms with Crippen LogP contribution in [0.15, 0.2) is 54.7 Å². The first-order chi connectivity index (χ1) is 12.6. The second-order valence-corrected chi connectivity index (χ2v) is 6.13. The van der Waals surface area contributed by atoms with Crippen LogP contribution in [0.5, 0.6) is 0 Å². The number of hydrogen-bond acceptors (Lipinski definition) is 3. The van der Waals surface area contributed by atoms with Crippen molar-refractivity contribution in [3.63, 3.8) is 0 Å². The molecule has 130 valence electrons. The first-order valence-corrected chi connectivity index (χ1v) is 8.38. The molecule has 2 aromatic heterocycles. The molecule has 0 aliphatic heterocycles. The number of benzene rings is 2. The van der Waals surface area contributed by atoms with E-state index in [0.29, 0.717) is 29.6 Å². The average molecular weight is 348 g/mol. The number of nitrogens with one attached hydrogen (secondary N) is 1. The van der Waals surface area contributed by atoms with E-state index in [0.717, 1.165) is 16.9 Å². The molecule has 2 heterocycles. The highest BCUT2D eigenvalue weighted by Gasteiger charge is 2.10. The lowest BCUT2D eigenvalue weighted by Crippen LogP contribution is -2.15. The highest BCUT2D eigenvalue weighted by molar-refractivity contribution is 5.93. The van der Waals surface area contributed by atoms with Crippen molar-refractivity contribution in [2.75, 3.05) is 5.32 Å². The van der Waals surface area contributed by atoms with Gasteiger partial charge in [-0.15, -0.1) is 0 Å². The molecule has 6 heteroatoms. The van der Waals surface area contributed by atoms with Gasteiger partial charge in [0, 0.05) is 18.4 Å². The smallest absolute Gasteiger partial charge is 0.226 e. The Kier molecular flexibility index (Phi) is 4.08. The van der Waals surface area contributed by atoms with Gasteiger partial charge in [0.15, 0.2) is 0 Å². The summed E-state index contributed by atoms with van der Waals surface area (Å²) in [7, 11) is 0. The molecular weight excluding hydrogens is 331 g/mol. The third kappa shape index (κ3) is 3.01. The Morgan fingerprint density at radius 2 is 2.04 bits per heavy atom. The van der Waals surface area contributed by atoms with E-state index in [-0.39, 0.29) is 11.7 Å². The number of imidazole rings is 1. The van der Waals surface area contributed by atoms with E-state index >= 15 is 0 Å². The van der Waals surface area contributed by atoms with Gasteiger partial charge in [0.1, 0.15) is 17.2 Å². The lowest BCUT2D eigenvalue weighted by molar-refractivity contribution is -0.116. The van der Waals surface area contributed by atoms with E-state index in [1.807, 2.05) is 35.8 Å². The minimum Gasteiger partial charge on any atom is -0.328 e. The normalized spacial score (nSPS) is 11.2. The fourth-order valence-electron chi connectivity index (χ4n) is 3.11. The van der Waals surface area contributed by atoms with Gasteiger partial charge in [0.25, 0.3) is 0 Å². The quantitative estimate of drug-likeness (QED) is 0.605. The largest absolute Gasteiger partial charge is 0.328 e. The molecule has 2 aromatic carbocycles. The Bertz CT molecular complexity index is 1120. The maximum atomic E-state index is 13.7. The summed E-state index contributed by atoms with van der Waals surface area (Å²) in [4.78, 5) is 20.9. The number of fused-ring (bicyclic) bond motifs is 2. The Labute approximate surface area is 149 Å². The second-order valence-electron chi connectivity index (χ2n) is 6.13. The topological polar surface area (TPSA) is 59.8 Å². The summed E-state index contributed by atoms with van der Waals surface area (Å²) in [5.41, 5.74) is 2.79. The third-order valence-corrected chi connectivity index (χ3v) is 4.35. The van der Waals surface area contributed by atoms with Crippen molar-refractivity contribution in [2.24, 2.45) is 0 Å². The number of aryl methyl sites for hydroxylation is 2. The SMILES string of the molecule is Cc1nc2ccccc2n1CCC(=O)Nc1cnc2c(F)cccc2c1. The van der Waals surface area contributed by atoms with Gasteiger partial charge in [-0.25, -0.2) is 9.37 Å². The lowest BCUT2D eigenvalue weighted by atomic mass is 10.2. The van der Waals surface area contributed by atoms with Gasteiger partial charge < -0.3 is 9.88 Å². The number of hydrogen-bond donors (Lipinski definition) is 1. The van der Waals surface area contributed by atoms with E-state index in [4.69, 9.17) is 0 Å². The summed E-state index contributed by atoms with van der Waals surface area (Å²) in [5, 5.41) is 3.48. The van der Waals surface area contributed by atoms with Crippen molar-refractivity contribution in [3.8, 4) is 0 Å². The summed E-state index contributed by atoms with van der Waals surface area (Å²) >= 11 is 0. The van der Waals surface area contributed by atoms with Crippen molar-refractivity contribution in [1.29, 1.82) is 0 Å². The molecule has 0 radical (unpaired) electrons. The van der Waals surface area contributed by atoms with Crippen LogP contribution in [0, 0.1) is 12.7 Å². The van der Waals surface area contributed by atoms with E-state index in [9.17, 15) is 9.18 Å². The Morgan fingerprint density at radius 3 is 2.92 bits per heavy atom. The Morgan fingerprint density at radius 1 is 1.19 bits per heavy atom. The molecule has 0 aliphatic carbocycles. The van der Waals surface area contributed by atoms with Gasteiger partial charge in [-0.05, 0) is 31.2 Å². The molecule has 0 spiro atoms. The standard InChI is InChI=1S/C20H17FN4O/c1-13-23-17-7-2-3-8-18(17)25(13)10-9-19(26)24-15-11-14-5-4-6-16(21)20(14)22-12-15/h2-8,11-12H,9-10H2,1H3,(H,24,26). The molecule has 4 rings (SSSR count). The molecular formula is C20H17FN4O. The number of para-hydroxylation sites is 3. The molecule has 0 saturated carbocycles. The van der Waals surface area contributed by atoms with Gasteiger partial charge in [-0.2, -0.15) is 0 Å². The monoisotopic (exact) mass is 348 g/mol. The van der Waals surface area contributed by atoms with Crippen molar-refractivity contribution in [2.45, 2.75) is 19.9 Å². The Hall–Kier alpha value is -3.28. The summed E-state index contributed by atoms with van der Waals surface area (Å²) in [6.07, 6.45) is 1.78. The van der Waals surface area contributed by atoms with Crippen LogP contribution in [-0.2, 0) is 11.3 Å². The number of pyridine rings is 1. The number of nitrogens with zero attached hydrogens (tertiary/aromatic N) is 3. The van der Waals surface area contributed by atoms with E-state index in [2.05, 4.69) is 15.3 Å². The molecule has 0 saturated heterocycles. The highest BCUT2D eigenvalue weighted by atomic mass is 19.1. The maximum Gasteiger partial charge on any atom is 0.226 e. The lowest BCUT2D eigenvalue weighted by Gasteiger charge is -2.09. The van der Waals surface area contributed by atoms with Gasteiger partial charge in [-0.1, -0.05) is 24.3 Å². The van der Waals surface area contributed by atoms with Crippen molar-refractivity contribution >= 4 is 33.5 Å². The fraction of sp³-hybridized carbons (Fsp3) is 0.150. The molecule has 5 nitrogen and oxygen atoms in total. The molecule has 0 bridgehead atoms. The van der Waals surface area contributed by atoms with Crippen LogP contribution in [0.4, 0.5) is 10.1 Å². The molecule has 1 amide bonds. The number of anilines is 1. The zero-order valence-electron chi connectivity index (χ0n) is 14.2. The van der Waals surface area contributed by atoms with Gasteiger partial charge >= 0.3 is 0 Å². The number of halogens is 1. The number of carbonyl (C=O) groups is 1. The number of aromatic nitrogens is 3. The minimum atomic E-state index is -0.372. The second kappa shape index (κ2) is 6.55. The molecule has 0 unspecified atom stereocenters.